The van der Waals surface area contributed by atoms with E-state index in [1.54, 1.807) is 48.5 Å². The Labute approximate surface area is 174 Å². The first kappa shape index (κ1) is 22.4. The molecule has 2 aromatic carbocycles. The van der Waals surface area contributed by atoms with Crippen LogP contribution in [0.5, 0.6) is 5.75 Å². The Morgan fingerprint density at radius 2 is 1.63 bits per heavy atom. The smallest absolute Gasteiger partial charge is 0.335 e. The number of carboxylic acids is 2. The zero-order chi connectivity index (χ0) is 21.8. The summed E-state index contributed by atoms with van der Waals surface area (Å²) in [7, 11) is 0. The minimum atomic E-state index is -0.958. The molecular weight excluding hydrogens is 384 g/mol. The zero-order valence-electron chi connectivity index (χ0n) is 16.2. The Balaban J connectivity index is 2.03. The van der Waals surface area contributed by atoms with Crippen molar-refractivity contribution in [3.8, 4) is 5.75 Å². The van der Waals surface area contributed by atoms with Crippen molar-refractivity contribution < 1.29 is 29.3 Å². The van der Waals surface area contributed by atoms with Gasteiger partial charge in [0.25, 0.3) is 6.47 Å². The minimum Gasteiger partial charge on any atom is -0.481 e. The molecule has 0 fully saturated rings. The Hall–Kier alpha value is -3.93. The molecule has 0 saturated carbocycles. The molecule has 2 rings (SSSR count). The second-order valence-electron chi connectivity index (χ2n) is 6.39. The highest BCUT2D eigenvalue weighted by molar-refractivity contribution is 5.87. The number of carbonyl (C=O) groups excluding carboxylic acids is 1. The van der Waals surface area contributed by atoms with Gasteiger partial charge in [0.2, 0.25) is 0 Å². The number of allylic oxidation sites excluding steroid dienone is 5. The van der Waals surface area contributed by atoms with Crippen LogP contribution in [-0.2, 0) is 16.0 Å². The maximum absolute atomic E-state index is 10.9. The first-order valence-corrected chi connectivity index (χ1v) is 9.26. The molecule has 0 aromatic heterocycles. The Morgan fingerprint density at radius 3 is 2.23 bits per heavy atom. The predicted molar refractivity (Wildman–Crippen MR) is 113 cm³/mol. The second-order valence-corrected chi connectivity index (χ2v) is 6.39. The Bertz CT molecular complexity index is 950. The molecule has 154 valence electrons. The first-order chi connectivity index (χ1) is 14.5. The SMILES string of the molecule is O=COc1ccc(/C=C/C(=C/C=C/Cc2ccc(C(=O)O)cc2)CCC(=O)O)cc1. The topological polar surface area (TPSA) is 101 Å². The number of rotatable bonds is 11. The van der Waals surface area contributed by atoms with Crippen LogP contribution in [0.2, 0.25) is 0 Å². The standard InChI is InChI=1S/C24H22O6/c25-17-30-22-14-9-20(10-15-22)6-5-18(11-16-23(26)27)3-1-2-4-19-7-12-21(13-8-19)24(28)29/h1-3,5-10,12-15,17H,4,11,16H2,(H,26,27)(H,28,29)/b2-1+,6-5+,18-3-. The summed E-state index contributed by atoms with van der Waals surface area (Å²) in [4.78, 5) is 32.1. The Kier molecular flexibility index (Phi) is 8.80. The number of benzene rings is 2. The summed E-state index contributed by atoms with van der Waals surface area (Å²) in [6.07, 6.45) is 10.4. The number of carboxylic acid groups (broad SMARTS) is 2. The van der Waals surface area contributed by atoms with Gasteiger partial charge in [-0.2, -0.15) is 0 Å². The fourth-order valence-electron chi connectivity index (χ4n) is 2.57. The van der Waals surface area contributed by atoms with Crippen molar-refractivity contribution in [1.82, 2.24) is 0 Å². The third kappa shape index (κ3) is 7.98. The molecule has 0 atom stereocenters. The van der Waals surface area contributed by atoms with Crippen LogP contribution in [0, 0.1) is 0 Å². The molecule has 30 heavy (non-hydrogen) atoms. The van der Waals surface area contributed by atoms with Gasteiger partial charge in [0, 0.05) is 6.42 Å². The van der Waals surface area contributed by atoms with Gasteiger partial charge in [-0.15, -0.1) is 0 Å². The lowest BCUT2D eigenvalue weighted by Crippen LogP contribution is -1.95. The highest BCUT2D eigenvalue weighted by Gasteiger charge is 2.01. The van der Waals surface area contributed by atoms with Crippen molar-refractivity contribution >= 4 is 24.5 Å². The van der Waals surface area contributed by atoms with Gasteiger partial charge in [-0.3, -0.25) is 9.59 Å². The maximum Gasteiger partial charge on any atom is 0.335 e. The molecule has 0 aliphatic heterocycles. The van der Waals surface area contributed by atoms with Gasteiger partial charge in [0.05, 0.1) is 5.56 Å². The van der Waals surface area contributed by atoms with Crippen LogP contribution in [0.15, 0.2) is 78.4 Å². The molecule has 0 aliphatic rings. The van der Waals surface area contributed by atoms with E-state index in [0.29, 0.717) is 25.1 Å². The van der Waals surface area contributed by atoms with Crippen LogP contribution >= 0.6 is 0 Å². The Morgan fingerprint density at radius 1 is 0.933 bits per heavy atom. The average Bonchev–Trinajstić information content (AvgIpc) is 2.74. The summed E-state index contributed by atoms with van der Waals surface area (Å²) in [6, 6.07) is 13.6. The predicted octanol–water partition coefficient (Wildman–Crippen LogP) is 4.52. The molecule has 0 spiro atoms. The molecule has 6 heteroatoms. The number of carbonyl (C=O) groups is 3. The first-order valence-electron chi connectivity index (χ1n) is 9.26. The molecule has 0 saturated heterocycles. The number of hydrogen-bond acceptors (Lipinski definition) is 4. The fraction of sp³-hybridized carbons (Fsp3) is 0.125. The van der Waals surface area contributed by atoms with Crippen LogP contribution in [0.3, 0.4) is 0 Å². The summed E-state index contributed by atoms with van der Waals surface area (Å²) in [5, 5.41) is 17.9. The molecule has 0 unspecified atom stereocenters. The van der Waals surface area contributed by atoms with Crippen molar-refractivity contribution in [2.45, 2.75) is 19.3 Å². The lowest BCUT2D eigenvalue weighted by molar-refractivity contribution is -0.137. The van der Waals surface area contributed by atoms with Crippen molar-refractivity contribution in [1.29, 1.82) is 0 Å². The summed E-state index contributed by atoms with van der Waals surface area (Å²) in [5.41, 5.74) is 2.96. The van der Waals surface area contributed by atoms with Crippen molar-refractivity contribution in [2.75, 3.05) is 0 Å². The van der Waals surface area contributed by atoms with Crippen LogP contribution < -0.4 is 4.74 Å². The van der Waals surface area contributed by atoms with E-state index < -0.39 is 11.9 Å². The molecule has 0 radical (unpaired) electrons. The number of aliphatic carboxylic acids is 1. The lowest BCUT2D eigenvalue weighted by Gasteiger charge is -2.01. The van der Waals surface area contributed by atoms with E-state index in [2.05, 4.69) is 0 Å². The molecule has 0 heterocycles. The highest BCUT2D eigenvalue weighted by atomic mass is 16.5. The quantitative estimate of drug-likeness (QED) is 0.420. The summed E-state index contributed by atoms with van der Waals surface area (Å²) >= 11 is 0. The van der Waals surface area contributed by atoms with Gasteiger partial charge in [-0.25, -0.2) is 4.79 Å². The lowest BCUT2D eigenvalue weighted by atomic mass is 10.1. The molecular formula is C24H22O6. The number of aromatic carboxylic acids is 1. The van der Waals surface area contributed by atoms with Gasteiger partial charge in [0.1, 0.15) is 5.75 Å². The fourth-order valence-corrected chi connectivity index (χ4v) is 2.57. The van der Waals surface area contributed by atoms with Gasteiger partial charge in [-0.1, -0.05) is 54.6 Å². The summed E-state index contributed by atoms with van der Waals surface area (Å²) in [6.45, 7) is 0.366. The van der Waals surface area contributed by atoms with E-state index in [0.717, 1.165) is 16.7 Å². The monoisotopic (exact) mass is 406 g/mol. The summed E-state index contributed by atoms with van der Waals surface area (Å²) in [5.74, 6) is -1.38. The zero-order valence-corrected chi connectivity index (χ0v) is 16.2. The average molecular weight is 406 g/mol. The van der Waals surface area contributed by atoms with Crippen LogP contribution in [-0.4, -0.2) is 28.6 Å². The molecule has 0 aliphatic carbocycles. The largest absolute Gasteiger partial charge is 0.481 e. The minimum absolute atomic E-state index is 0.0206. The molecule has 0 bridgehead atoms. The van der Waals surface area contributed by atoms with E-state index in [-0.39, 0.29) is 12.0 Å². The van der Waals surface area contributed by atoms with E-state index in [9.17, 15) is 14.4 Å². The number of ether oxygens (including phenoxy) is 1. The molecule has 2 aromatic rings. The normalized spacial score (nSPS) is 11.7. The van der Waals surface area contributed by atoms with Crippen molar-refractivity contribution in [3.63, 3.8) is 0 Å². The van der Waals surface area contributed by atoms with E-state index in [1.807, 2.05) is 30.4 Å². The van der Waals surface area contributed by atoms with Crippen molar-refractivity contribution in [3.05, 3.63) is 95.1 Å². The summed E-state index contributed by atoms with van der Waals surface area (Å²) < 4.78 is 4.75. The van der Waals surface area contributed by atoms with Gasteiger partial charge < -0.3 is 14.9 Å². The van der Waals surface area contributed by atoms with Gasteiger partial charge in [0.15, 0.2) is 0 Å². The third-order valence-electron chi connectivity index (χ3n) is 4.18. The molecule has 0 amide bonds. The van der Waals surface area contributed by atoms with Gasteiger partial charge in [-0.05, 0) is 53.8 Å². The van der Waals surface area contributed by atoms with Crippen LogP contribution in [0.25, 0.3) is 6.08 Å². The van der Waals surface area contributed by atoms with Crippen molar-refractivity contribution in [2.24, 2.45) is 0 Å². The highest BCUT2D eigenvalue weighted by Crippen LogP contribution is 2.15. The van der Waals surface area contributed by atoms with Crippen LogP contribution in [0.4, 0.5) is 0 Å². The molecule has 6 nitrogen and oxygen atoms in total. The second kappa shape index (κ2) is 11.8. The number of hydrogen-bond donors (Lipinski definition) is 2. The van der Waals surface area contributed by atoms with E-state index >= 15 is 0 Å². The van der Waals surface area contributed by atoms with Crippen LogP contribution in [0.1, 0.15) is 34.3 Å². The van der Waals surface area contributed by atoms with E-state index in [4.69, 9.17) is 14.9 Å². The third-order valence-corrected chi connectivity index (χ3v) is 4.18. The maximum atomic E-state index is 10.9. The molecule has 2 N–H and O–H groups in total. The van der Waals surface area contributed by atoms with E-state index in [1.165, 1.54) is 0 Å². The van der Waals surface area contributed by atoms with Gasteiger partial charge >= 0.3 is 11.9 Å².